The molecule has 2 aromatic rings. The summed E-state index contributed by atoms with van der Waals surface area (Å²) >= 11 is 0. The van der Waals surface area contributed by atoms with Gasteiger partial charge in [-0.3, -0.25) is 4.79 Å². The SMILES string of the molecule is CCNc1ccc(C(=O)N(C)c2ccccc2)c(C)c1. The highest BCUT2D eigenvalue weighted by Crippen LogP contribution is 2.19. The Bertz CT molecular complexity index is 593. The van der Waals surface area contributed by atoms with Gasteiger partial charge in [-0.2, -0.15) is 0 Å². The van der Waals surface area contributed by atoms with Gasteiger partial charge in [0.25, 0.3) is 5.91 Å². The van der Waals surface area contributed by atoms with E-state index in [2.05, 4.69) is 12.2 Å². The van der Waals surface area contributed by atoms with Gasteiger partial charge in [-0.15, -0.1) is 0 Å². The summed E-state index contributed by atoms with van der Waals surface area (Å²) in [5.41, 5.74) is 3.66. The molecule has 0 spiro atoms. The maximum Gasteiger partial charge on any atom is 0.258 e. The Morgan fingerprint density at radius 2 is 1.85 bits per heavy atom. The minimum atomic E-state index is 0.0109. The Balaban J connectivity index is 2.25. The van der Waals surface area contributed by atoms with E-state index in [1.807, 2.05) is 55.5 Å². The molecule has 0 radical (unpaired) electrons. The third-order valence-electron chi connectivity index (χ3n) is 3.29. The summed E-state index contributed by atoms with van der Waals surface area (Å²) in [6.07, 6.45) is 0. The number of nitrogens with one attached hydrogen (secondary N) is 1. The largest absolute Gasteiger partial charge is 0.385 e. The Morgan fingerprint density at radius 3 is 2.45 bits per heavy atom. The molecule has 0 fully saturated rings. The fourth-order valence-corrected chi connectivity index (χ4v) is 2.17. The number of anilines is 2. The average Bonchev–Trinajstić information content (AvgIpc) is 2.47. The molecule has 3 nitrogen and oxygen atoms in total. The van der Waals surface area contributed by atoms with Gasteiger partial charge < -0.3 is 10.2 Å². The molecule has 2 rings (SSSR count). The molecule has 0 saturated carbocycles. The van der Waals surface area contributed by atoms with Crippen LogP contribution in [0.2, 0.25) is 0 Å². The van der Waals surface area contributed by atoms with Crippen LogP contribution in [0.15, 0.2) is 48.5 Å². The number of nitrogens with zero attached hydrogens (tertiary/aromatic N) is 1. The van der Waals surface area contributed by atoms with Crippen molar-refractivity contribution in [3.05, 3.63) is 59.7 Å². The third kappa shape index (κ3) is 2.99. The highest BCUT2D eigenvalue weighted by molar-refractivity contribution is 6.06. The van der Waals surface area contributed by atoms with Gasteiger partial charge in [0, 0.05) is 30.5 Å². The molecular formula is C17H20N2O. The molecule has 3 heteroatoms. The second kappa shape index (κ2) is 6.24. The minimum Gasteiger partial charge on any atom is -0.385 e. The van der Waals surface area contributed by atoms with E-state index in [1.54, 1.807) is 11.9 Å². The lowest BCUT2D eigenvalue weighted by molar-refractivity contribution is 0.0992. The lowest BCUT2D eigenvalue weighted by atomic mass is 10.1. The molecule has 1 amide bonds. The predicted octanol–water partition coefficient (Wildman–Crippen LogP) is 3.70. The third-order valence-corrected chi connectivity index (χ3v) is 3.29. The summed E-state index contributed by atoms with van der Waals surface area (Å²) in [5.74, 6) is 0.0109. The number of hydrogen-bond donors (Lipinski definition) is 1. The number of carbonyl (C=O) groups excluding carboxylic acids is 1. The molecule has 2 aromatic carbocycles. The molecule has 20 heavy (non-hydrogen) atoms. The van der Waals surface area contributed by atoms with Crippen molar-refractivity contribution in [2.24, 2.45) is 0 Å². The molecule has 1 N–H and O–H groups in total. The van der Waals surface area contributed by atoms with Crippen molar-refractivity contribution in [3.63, 3.8) is 0 Å². The standard InChI is InChI=1S/C17H20N2O/c1-4-18-14-10-11-16(13(2)12-14)17(20)19(3)15-8-6-5-7-9-15/h5-12,18H,4H2,1-3H3. The number of amides is 1. The first-order chi connectivity index (χ1) is 9.63. The van der Waals surface area contributed by atoms with E-state index in [9.17, 15) is 4.79 Å². The van der Waals surface area contributed by atoms with Gasteiger partial charge in [-0.25, -0.2) is 0 Å². The van der Waals surface area contributed by atoms with E-state index >= 15 is 0 Å². The van der Waals surface area contributed by atoms with E-state index in [0.29, 0.717) is 0 Å². The van der Waals surface area contributed by atoms with Gasteiger partial charge in [-0.05, 0) is 49.7 Å². The molecule has 0 aliphatic carbocycles. The fraction of sp³-hybridized carbons (Fsp3) is 0.235. The fourth-order valence-electron chi connectivity index (χ4n) is 2.17. The zero-order valence-electron chi connectivity index (χ0n) is 12.2. The van der Waals surface area contributed by atoms with Crippen LogP contribution in [0.4, 0.5) is 11.4 Å². The molecular weight excluding hydrogens is 248 g/mol. The normalized spacial score (nSPS) is 10.2. The number of benzene rings is 2. The van der Waals surface area contributed by atoms with Crippen molar-refractivity contribution >= 4 is 17.3 Å². The van der Waals surface area contributed by atoms with Crippen LogP contribution in [0.1, 0.15) is 22.8 Å². The Hall–Kier alpha value is -2.29. The van der Waals surface area contributed by atoms with Crippen molar-refractivity contribution in [1.29, 1.82) is 0 Å². The molecule has 0 unspecified atom stereocenters. The van der Waals surface area contributed by atoms with Gasteiger partial charge >= 0.3 is 0 Å². The van der Waals surface area contributed by atoms with E-state index in [0.717, 1.165) is 29.0 Å². The number of carbonyl (C=O) groups is 1. The van der Waals surface area contributed by atoms with E-state index in [1.165, 1.54) is 0 Å². The van der Waals surface area contributed by atoms with Gasteiger partial charge in [0.05, 0.1) is 0 Å². The highest BCUT2D eigenvalue weighted by Gasteiger charge is 2.15. The smallest absolute Gasteiger partial charge is 0.258 e. The van der Waals surface area contributed by atoms with Gasteiger partial charge in [0.1, 0.15) is 0 Å². The van der Waals surface area contributed by atoms with Gasteiger partial charge in [-0.1, -0.05) is 18.2 Å². The summed E-state index contributed by atoms with van der Waals surface area (Å²) < 4.78 is 0. The lowest BCUT2D eigenvalue weighted by Crippen LogP contribution is -2.26. The van der Waals surface area contributed by atoms with Crippen LogP contribution in [0.5, 0.6) is 0 Å². The zero-order valence-corrected chi connectivity index (χ0v) is 12.2. The van der Waals surface area contributed by atoms with Crippen LogP contribution in [0.25, 0.3) is 0 Å². The van der Waals surface area contributed by atoms with Crippen molar-refractivity contribution in [2.45, 2.75) is 13.8 Å². The second-order valence-electron chi connectivity index (χ2n) is 4.76. The lowest BCUT2D eigenvalue weighted by Gasteiger charge is -2.19. The molecule has 0 atom stereocenters. The number of hydrogen-bond acceptors (Lipinski definition) is 2. The van der Waals surface area contributed by atoms with E-state index in [-0.39, 0.29) is 5.91 Å². The quantitative estimate of drug-likeness (QED) is 0.917. The number of para-hydroxylation sites is 1. The first-order valence-electron chi connectivity index (χ1n) is 6.81. The van der Waals surface area contributed by atoms with Crippen LogP contribution in [0.3, 0.4) is 0 Å². The molecule has 0 aliphatic heterocycles. The topological polar surface area (TPSA) is 32.3 Å². The first-order valence-corrected chi connectivity index (χ1v) is 6.81. The number of rotatable bonds is 4. The van der Waals surface area contributed by atoms with Crippen LogP contribution in [-0.4, -0.2) is 19.5 Å². The predicted molar refractivity (Wildman–Crippen MR) is 84.5 cm³/mol. The highest BCUT2D eigenvalue weighted by atomic mass is 16.2. The van der Waals surface area contributed by atoms with E-state index in [4.69, 9.17) is 0 Å². The molecule has 0 heterocycles. The van der Waals surface area contributed by atoms with Crippen molar-refractivity contribution < 1.29 is 4.79 Å². The Morgan fingerprint density at radius 1 is 1.15 bits per heavy atom. The molecule has 104 valence electrons. The molecule has 0 bridgehead atoms. The monoisotopic (exact) mass is 268 g/mol. The van der Waals surface area contributed by atoms with Crippen molar-refractivity contribution in [2.75, 3.05) is 23.8 Å². The van der Waals surface area contributed by atoms with Gasteiger partial charge in [0.2, 0.25) is 0 Å². The van der Waals surface area contributed by atoms with Crippen molar-refractivity contribution in [1.82, 2.24) is 0 Å². The van der Waals surface area contributed by atoms with Crippen LogP contribution < -0.4 is 10.2 Å². The maximum absolute atomic E-state index is 12.5. The summed E-state index contributed by atoms with van der Waals surface area (Å²) in [6.45, 7) is 4.89. The zero-order chi connectivity index (χ0) is 14.5. The summed E-state index contributed by atoms with van der Waals surface area (Å²) in [7, 11) is 1.80. The van der Waals surface area contributed by atoms with Crippen molar-refractivity contribution in [3.8, 4) is 0 Å². The summed E-state index contributed by atoms with van der Waals surface area (Å²) in [5, 5.41) is 3.25. The Labute approximate surface area is 120 Å². The summed E-state index contributed by atoms with van der Waals surface area (Å²) in [6, 6.07) is 15.5. The van der Waals surface area contributed by atoms with E-state index < -0.39 is 0 Å². The second-order valence-corrected chi connectivity index (χ2v) is 4.76. The minimum absolute atomic E-state index is 0.0109. The average molecular weight is 268 g/mol. The van der Waals surface area contributed by atoms with Gasteiger partial charge in [0.15, 0.2) is 0 Å². The maximum atomic E-state index is 12.5. The molecule has 0 aliphatic rings. The summed E-state index contributed by atoms with van der Waals surface area (Å²) in [4.78, 5) is 14.2. The first kappa shape index (κ1) is 14.1. The molecule has 0 aromatic heterocycles. The van der Waals surface area contributed by atoms with Crippen LogP contribution in [0, 0.1) is 6.92 Å². The van der Waals surface area contributed by atoms with Crippen LogP contribution in [-0.2, 0) is 0 Å². The van der Waals surface area contributed by atoms with Crippen LogP contribution >= 0.6 is 0 Å². The molecule has 0 saturated heterocycles. The number of aryl methyl sites for hydroxylation is 1. The Kier molecular flexibility index (Phi) is 4.41.